The molecule has 2 heteroatoms. The zero-order valence-corrected chi connectivity index (χ0v) is 20.2. The van der Waals surface area contributed by atoms with E-state index in [0.717, 1.165) is 22.1 Å². The average Bonchev–Trinajstić information content (AvgIpc) is 2.77. The maximum Gasteiger partial charge on any atom is 0.0346 e. The second-order valence-corrected chi connectivity index (χ2v) is 9.20. The van der Waals surface area contributed by atoms with Crippen LogP contribution in [0.25, 0.3) is 32.7 Å². The minimum absolute atomic E-state index is 0.559. The predicted molar refractivity (Wildman–Crippen MR) is 141 cm³/mol. The summed E-state index contributed by atoms with van der Waals surface area (Å²) < 4.78 is 0. The smallest absolute Gasteiger partial charge is 0.0346 e. The van der Waals surface area contributed by atoms with Crippen molar-refractivity contribution in [2.75, 3.05) is 0 Å². The molecule has 0 spiro atoms. The maximum atomic E-state index is 4.21. The largest absolute Gasteiger partial charge is 0.264 e. The van der Waals surface area contributed by atoms with Gasteiger partial charge < -0.3 is 0 Å². The van der Waals surface area contributed by atoms with Crippen LogP contribution in [-0.2, 0) is 0 Å². The lowest BCUT2D eigenvalue weighted by Crippen LogP contribution is -1.95. The first kappa shape index (κ1) is 23.4. The van der Waals surface area contributed by atoms with E-state index in [2.05, 4.69) is 81.2 Å². The predicted octanol–water partition coefficient (Wildman–Crippen LogP) is 8.78. The van der Waals surface area contributed by atoms with Crippen molar-refractivity contribution < 1.29 is 0 Å². The van der Waals surface area contributed by atoms with Crippen LogP contribution in [0.4, 0.5) is 0 Å². The minimum Gasteiger partial charge on any atom is -0.264 e. The van der Waals surface area contributed by atoms with Crippen LogP contribution in [0.1, 0.15) is 75.6 Å². The van der Waals surface area contributed by atoms with Gasteiger partial charge >= 0.3 is 0 Å². The third kappa shape index (κ3) is 5.13. The summed E-state index contributed by atoms with van der Waals surface area (Å²) in [6.45, 7) is 21.0. The van der Waals surface area contributed by atoms with Crippen LogP contribution in [-0.4, -0.2) is 9.97 Å². The number of fused-ring (bicyclic) bond motifs is 2. The molecule has 0 amide bonds. The highest BCUT2D eigenvalue weighted by Crippen LogP contribution is 2.30. The fourth-order valence-electron chi connectivity index (χ4n) is 3.88. The molecule has 0 N–H and O–H groups in total. The third-order valence-corrected chi connectivity index (χ3v) is 5.80. The first-order valence-electron chi connectivity index (χ1n) is 11.3. The molecule has 2 nitrogen and oxygen atoms in total. The normalized spacial score (nSPS) is 11.0. The van der Waals surface area contributed by atoms with E-state index in [9.17, 15) is 0 Å². The Kier molecular flexibility index (Phi) is 7.25. The Morgan fingerprint density at radius 1 is 0.719 bits per heavy atom. The van der Waals surface area contributed by atoms with Crippen LogP contribution in [0.5, 0.6) is 0 Å². The molecular weight excluding hydrogens is 388 g/mol. The van der Waals surface area contributed by atoms with Crippen molar-refractivity contribution in [1.82, 2.24) is 9.97 Å². The van der Waals surface area contributed by atoms with Crippen LogP contribution in [0.15, 0.2) is 74.3 Å². The quantitative estimate of drug-likeness (QED) is 0.328. The SMILES string of the molecule is C=C(C)c1cc(C(=C)C)c2ccncc2c1.CC(C)c1cc(C(C)C)c2ccncc2c1. The molecule has 2 aromatic carbocycles. The molecule has 0 aliphatic carbocycles. The fourth-order valence-corrected chi connectivity index (χ4v) is 3.88. The molecule has 4 aromatic rings. The van der Waals surface area contributed by atoms with Crippen molar-refractivity contribution in [3.05, 3.63) is 96.6 Å². The second kappa shape index (κ2) is 9.91. The van der Waals surface area contributed by atoms with Gasteiger partial charge in [-0.25, -0.2) is 0 Å². The topological polar surface area (TPSA) is 25.8 Å². The summed E-state index contributed by atoms with van der Waals surface area (Å²) in [5, 5.41) is 4.94. The van der Waals surface area contributed by atoms with E-state index >= 15 is 0 Å². The van der Waals surface area contributed by atoms with E-state index in [1.807, 2.05) is 44.7 Å². The third-order valence-electron chi connectivity index (χ3n) is 5.80. The molecule has 164 valence electrons. The van der Waals surface area contributed by atoms with Gasteiger partial charge in [0.05, 0.1) is 0 Å². The van der Waals surface area contributed by atoms with Crippen molar-refractivity contribution in [3.63, 3.8) is 0 Å². The van der Waals surface area contributed by atoms with Crippen LogP contribution in [0.3, 0.4) is 0 Å². The summed E-state index contributed by atoms with van der Waals surface area (Å²) >= 11 is 0. The number of allylic oxidation sites excluding steroid dienone is 2. The lowest BCUT2D eigenvalue weighted by atomic mass is 9.91. The average molecular weight is 423 g/mol. The summed E-state index contributed by atoms with van der Waals surface area (Å²) in [5.41, 5.74) is 7.30. The van der Waals surface area contributed by atoms with Gasteiger partial charge in [0, 0.05) is 35.6 Å². The van der Waals surface area contributed by atoms with Crippen LogP contribution < -0.4 is 0 Å². The standard InChI is InChI=1S/C15H19N.C15H15N/c2*1-10(2)12-7-13-9-16-6-5-14(13)15(8-12)11(3)4/h5-11H,1-4H3;5-9H,1,3H2,2,4H3. The summed E-state index contributed by atoms with van der Waals surface area (Å²) in [7, 11) is 0. The molecule has 0 unspecified atom stereocenters. The van der Waals surface area contributed by atoms with Gasteiger partial charge in [0.2, 0.25) is 0 Å². The highest BCUT2D eigenvalue weighted by Gasteiger charge is 2.09. The number of hydrogen-bond donors (Lipinski definition) is 0. The number of benzene rings is 2. The Labute approximate surface area is 192 Å². The molecule has 4 rings (SSSR count). The summed E-state index contributed by atoms with van der Waals surface area (Å²) in [5.74, 6) is 1.13. The Hall–Kier alpha value is -3.26. The van der Waals surface area contributed by atoms with Gasteiger partial charge in [-0.05, 0) is 89.0 Å². The van der Waals surface area contributed by atoms with Gasteiger partial charge in [-0.3, -0.25) is 9.97 Å². The van der Waals surface area contributed by atoms with Gasteiger partial charge in [-0.2, -0.15) is 0 Å². The molecule has 0 saturated heterocycles. The van der Waals surface area contributed by atoms with Gasteiger partial charge in [0.1, 0.15) is 0 Å². The highest BCUT2D eigenvalue weighted by atomic mass is 14.6. The van der Waals surface area contributed by atoms with Crippen LogP contribution in [0.2, 0.25) is 0 Å². The lowest BCUT2D eigenvalue weighted by Gasteiger charge is -2.14. The molecule has 0 fully saturated rings. The van der Waals surface area contributed by atoms with Crippen LogP contribution >= 0.6 is 0 Å². The lowest BCUT2D eigenvalue weighted by molar-refractivity contribution is 0.841. The van der Waals surface area contributed by atoms with Crippen molar-refractivity contribution >= 4 is 32.7 Å². The van der Waals surface area contributed by atoms with Crippen molar-refractivity contribution in [3.8, 4) is 0 Å². The minimum atomic E-state index is 0.559. The first-order valence-corrected chi connectivity index (χ1v) is 11.3. The van der Waals surface area contributed by atoms with E-state index in [0.29, 0.717) is 11.8 Å². The number of hydrogen-bond acceptors (Lipinski definition) is 2. The Bertz CT molecular complexity index is 1280. The number of nitrogens with zero attached hydrogens (tertiary/aromatic N) is 2. The van der Waals surface area contributed by atoms with E-state index in [-0.39, 0.29) is 0 Å². The second-order valence-electron chi connectivity index (χ2n) is 9.20. The maximum absolute atomic E-state index is 4.21. The molecular formula is C30H34N2. The van der Waals surface area contributed by atoms with Crippen molar-refractivity contribution in [2.45, 2.75) is 53.4 Å². The van der Waals surface area contributed by atoms with Gasteiger partial charge in [0.15, 0.2) is 0 Å². The van der Waals surface area contributed by atoms with E-state index in [1.54, 1.807) is 0 Å². The van der Waals surface area contributed by atoms with E-state index in [1.165, 1.54) is 32.8 Å². The first-order chi connectivity index (χ1) is 15.2. The molecule has 2 heterocycles. The zero-order valence-electron chi connectivity index (χ0n) is 20.2. The van der Waals surface area contributed by atoms with Crippen molar-refractivity contribution in [1.29, 1.82) is 0 Å². The summed E-state index contributed by atoms with van der Waals surface area (Å²) in [6.07, 6.45) is 7.54. The Balaban J connectivity index is 0.000000181. The Morgan fingerprint density at radius 2 is 1.31 bits per heavy atom. The summed E-state index contributed by atoms with van der Waals surface area (Å²) in [6, 6.07) is 13.0. The van der Waals surface area contributed by atoms with Crippen molar-refractivity contribution in [2.24, 2.45) is 0 Å². The molecule has 0 aliphatic rings. The number of rotatable bonds is 4. The van der Waals surface area contributed by atoms with Gasteiger partial charge in [-0.15, -0.1) is 0 Å². The molecule has 2 aromatic heterocycles. The highest BCUT2D eigenvalue weighted by molar-refractivity contribution is 5.95. The zero-order chi connectivity index (χ0) is 23.4. The number of aromatic nitrogens is 2. The Morgan fingerprint density at radius 3 is 1.84 bits per heavy atom. The summed E-state index contributed by atoms with van der Waals surface area (Å²) in [4.78, 5) is 8.37. The van der Waals surface area contributed by atoms with Gasteiger partial charge in [-0.1, -0.05) is 58.1 Å². The van der Waals surface area contributed by atoms with Gasteiger partial charge in [0.25, 0.3) is 0 Å². The molecule has 0 atom stereocenters. The molecule has 0 aliphatic heterocycles. The van der Waals surface area contributed by atoms with Crippen LogP contribution in [0, 0.1) is 0 Å². The van der Waals surface area contributed by atoms with E-state index in [4.69, 9.17) is 0 Å². The molecule has 0 saturated carbocycles. The van der Waals surface area contributed by atoms with E-state index < -0.39 is 0 Å². The number of pyridine rings is 2. The molecule has 0 radical (unpaired) electrons. The molecule has 0 bridgehead atoms. The monoisotopic (exact) mass is 422 g/mol. The fraction of sp³-hybridized carbons (Fsp3) is 0.267. The molecule has 32 heavy (non-hydrogen) atoms.